The molecular formula is C18H14ClFN2O6S2. The Hall–Kier alpha value is -2.89. The van der Waals surface area contributed by atoms with Crippen molar-refractivity contribution in [3.05, 3.63) is 63.9 Å². The molecule has 12 heteroatoms. The molecule has 0 bridgehead atoms. The topological polar surface area (TPSA) is 117 Å². The molecule has 0 aliphatic rings. The summed E-state index contributed by atoms with van der Waals surface area (Å²) >= 11 is 6.73. The molecule has 0 spiro atoms. The molecule has 2 N–H and O–H groups in total. The van der Waals surface area contributed by atoms with Crippen LogP contribution in [0.15, 0.2) is 47.5 Å². The number of benzene rings is 2. The van der Waals surface area contributed by atoms with E-state index in [2.05, 4.69) is 4.98 Å². The number of aromatic hydroxyl groups is 1. The first-order valence-corrected chi connectivity index (χ1v) is 10.8. The zero-order chi connectivity index (χ0) is 22.1. The Balaban J connectivity index is 2.10. The van der Waals surface area contributed by atoms with Crippen LogP contribution in [-0.2, 0) is 16.6 Å². The standard InChI is InChI=1S/C18H14ClFN2O6S2/c1-28-12-4-2-11(14(23)7-12)9-22(18-21-8-16(19)29-18)30(26,27)15-5-3-10(17(24)25)6-13(15)20/h2-8,23H,9H2,1H3,(H,24,25). The molecule has 0 amide bonds. The number of thiazole rings is 1. The van der Waals surface area contributed by atoms with Gasteiger partial charge in [-0.1, -0.05) is 22.9 Å². The van der Waals surface area contributed by atoms with Crippen molar-refractivity contribution in [1.82, 2.24) is 4.98 Å². The zero-order valence-electron chi connectivity index (χ0n) is 15.2. The molecule has 0 saturated heterocycles. The van der Waals surface area contributed by atoms with Crippen molar-refractivity contribution >= 4 is 44.1 Å². The number of anilines is 1. The minimum Gasteiger partial charge on any atom is -0.507 e. The third-order valence-corrected chi connectivity index (χ3v) is 7.05. The molecule has 0 atom stereocenters. The van der Waals surface area contributed by atoms with Crippen LogP contribution in [-0.4, -0.2) is 36.7 Å². The highest BCUT2D eigenvalue weighted by Crippen LogP contribution is 2.34. The first-order chi connectivity index (χ1) is 14.1. The molecule has 158 valence electrons. The predicted molar refractivity (Wildman–Crippen MR) is 109 cm³/mol. The fourth-order valence-corrected chi connectivity index (χ4v) is 5.10. The van der Waals surface area contributed by atoms with E-state index >= 15 is 0 Å². The number of hydrogen-bond acceptors (Lipinski definition) is 7. The monoisotopic (exact) mass is 472 g/mol. The van der Waals surface area contributed by atoms with Gasteiger partial charge in [-0.05, 0) is 30.3 Å². The van der Waals surface area contributed by atoms with Gasteiger partial charge in [-0.15, -0.1) is 0 Å². The molecule has 0 unspecified atom stereocenters. The number of carboxylic acids is 1. The third kappa shape index (κ3) is 4.32. The second-order valence-corrected chi connectivity index (χ2v) is 9.37. The van der Waals surface area contributed by atoms with Crippen LogP contribution < -0.4 is 9.04 Å². The van der Waals surface area contributed by atoms with Gasteiger partial charge in [0.15, 0.2) is 0 Å². The van der Waals surface area contributed by atoms with E-state index in [4.69, 9.17) is 21.4 Å². The molecule has 0 radical (unpaired) electrons. The molecule has 2 aromatic carbocycles. The van der Waals surface area contributed by atoms with E-state index in [0.29, 0.717) is 11.8 Å². The molecular weight excluding hydrogens is 459 g/mol. The Labute approximate surface area is 179 Å². The predicted octanol–water partition coefficient (Wildman–Crippen LogP) is 3.74. The highest BCUT2D eigenvalue weighted by molar-refractivity contribution is 7.93. The quantitative estimate of drug-likeness (QED) is 0.537. The lowest BCUT2D eigenvalue weighted by atomic mass is 10.2. The van der Waals surface area contributed by atoms with Gasteiger partial charge in [0.1, 0.15) is 26.5 Å². The minimum absolute atomic E-state index is 0.0584. The van der Waals surface area contributed by atoms with Gasteiger partial charge in [-0.25, -0.2) is 26.9 Å². The number of sulfonamides is 1. The van der Waals surface area contributed by atoms with E-state index in [1.54, 1.807) is 0 Å². The number of methoxy groups -OCH3 is 1. The zero-order valence-corrected chi connectivity index (χ0v) is 17.6. The van der Waals surface area contributed by atoms with Crippen molar-refractivity contribution in [2.75, 3.05) is 11.4 Å². The van der Waals surface area contributed by atoms with E-state index in [1.807, 2.05) is 0 Å². The number of hydrogen-bond donors (Lipinski definition) is 2. The van der Waals surface area contributed by atoms with E-state index in [-0.39, 0.29) is 27.3 Å². The maximum absolute atomic E-state index is 14.5. The molecule has 3 rings (SSSR count). The highest BCUT2D eigenvalue weighted by Gasteiger charge is 2.31. The van der Waals surface area contributed by atoms with Crippen LogP contribution >= 0.6 is 22.9 Å². The number of phenolic OH excluding ortho intramolecular Hbond substituents is 1. The summed E-state index contributed by atoms with van der Waals surface area (Å²) in [6, 6.07) is 6.75. The fourth-order valence-electron chi connectivity index (χ4n) is 2.54. The van der Waals surface area contributed by atoms with Crippen LogP contribution in [0.5, 0.6) is 11.5 Å². The van der Waals surface area contributed by atoms with E-state index < -0.39 is 32.3 Å². The largest absolute Gasteiger partial charge is 0.507 e. The smallest absolute Gasteiger partial charge is 0.335 e. The summed E-state index contributed by atoms with van der Waals surface area (Å²) in [5.41, 5.74) is -0.198. The molecule has 0 fully saturated rings. The summed E-state index contributed by atoms with van der Waals surface area (Å²) in [6.45, 7) is -0.387. The molecule has 3 aromatic rings. The Morgan fingerprint density at radius 1 is 1.30 bits per heavy atom. The van der Waals surface area contributed by atoms with E-state index in [1.165, 1.54) is 31.5 Å². The van der Waals surface area contributed by atoms with Crippen LogP contribution in [0.4, 0.5) is 9.52 Å². The Bertz CT molecular complexity index is 1220. The summed E-state index contributed by atoms with van der Waals surface area (Å²) < 4.78 is 47.0. The van der Waals surface area contributed by atoms with Gasteiger partial charge in [-0.3, -0.25) is 0 Å². The number of nitrogens with zero attached hydrogens (tertiary/aromatic N) is 2. The number of carbonyl (C=O) groups is 1. The van der Waals surface area contributed by atoms with Crippen molar-refractivity contribution in [2.45, 2.75) is 11.4 Å². The summed E-state index contributed by atoms with van der Waals surface area (Å²) in [6.07, 6.45) is 1.24. The van der Waals surface area contributed by atoms with Gasteiger partial charge in [0.05, 0.1) is 25.4 Å². The maximum Gasteiger partial charge on any atom is 0.335 e. The van der Waals surface area contributed by atoms with Gasteiger partial charge >= 0.3 is 5.97 Å². The number of ether oxygens (including phenoxy) is 1. The molecule has 1 aromatic heterocycles. The van der Waals surface area contributed by atoms with Crippen molar-refractivity contribution in [2.24, 2.45) is 0 Å². The van der Waals surface area contributed by atoms with Gasteiger partial charge < -0.3 is 14.9 Å². The first kappa shape index (κ1) is 21.8. The van der Waals surface area contributed by atoms with Crippen LogP contribution in [0.1, 0.15) is 15.9 Å². The average Bonchev–Trinajstić information content (AvgIpc) is 3.12. The third-order valence-electron chi connectivity index (χ3n) is 4.03. The van der Waals surface area contributed by atoms with Crippen LogP contribution in [0.2, 0.25) is 4.34 Å². The van der Waals surface area contributed by atoms with Crippen LogP contribution in [0.25, 0.3) is 0 Å². The lowest BCUT2D eigenvalue weighted by molar-refractivity contribution is 0.0696. The number of carboxylic acid groups (broad SMARTS) is 1. The van der Waals surface area contributed by atoms with Crippen LogP contribution in [0.3, 0.4) is 0 Å². The number of aromatic nitrogens is 1. The molecule has 8 nitrogen and oxygen atoms in total. The Kier molecular flexibility index (Phi) is 6.15. The minimum atomic E-state index is -4.53. The molecule has 30 heavy (non-hydrogen) atoms. The highest BCUT2D eigenvalue weighted by atomic mass is 35.5. The van der Waals surface area contributed by atoms with E-state index in [9.17, 15) is 22.7 Å². The number of rotatable bonds is 7. The van der Waals surface area contributed by atoms with Crippen molar-refractivity contribution < 1.29 is 32.6 Å². The molecule has 0 aliphatic carbocycles. The van der Waals surface area contributed by atoms with Gasteiger partial charge in [0, 0.05) is 11.6 Å². The molecule has 0 aliphatic heterocycles. The SMILES string of the molecule is COc1ccc(CN(c2ncc(Cl)s2)S(=O)(=O)c2ccc(C(=O)O)cc2F)c(O)c1. The second kappa shape index (κ2) is 8.46. The average molecular weight is 473 g/mol. The number of phenols is 1. The van der Waals surface area contributed by atoms with Crippen molar-refractivity contribution in [1.29, 1.82) is 0 Å². The second-order valence-electron chi connectivity index (χ2n) is 5.90. The molecule has 1 heterocycles. The summed E-state index contributed by atoms with van der Waals surface area (Å²) in [7, 11) is -3.12. The Morgan fingerprint density at radius 3 is 2.57 bits per heavy atom. The van der Waals surface area contributed by atoms with Crippen molar-refractivity contribution in [3.8, 4) is 11.5 Å². The number of aromatic carboxylic acids is 1. The normalized spacial score (nSPS) is 11.3. The lowest BCUT2D eigenvalue weighted by Gasteiger charge is -2.22. The summed E-state index contributed by atoms with van der Waals surface area (Å²) in [5.74, 6) is -2.51. The fraction of sp³-hybridized carbons (Fsp3) is 0.111. The summed E-state index contributed by atoms with van der Waals surface area (Å²) in [4.78, 5) is 14.2. The van der Waals surface area contributed by atoms with Gasteiger partial charge in [0.25, 0.3) is 10.0 Å². The van der Waals surface area contributed by atoms with Gasteiger partial charge in [0.2, 0.25) is 5.13 Å². The Morgan fingerprint density at radius 2 is 2.03 bits per heavy atom. The lowest BCUT2D eigenvalue weighted by Crippen LogP contribution is -2.31. The van der Waals surface area contributed by atoms with Gasteiger partial charge in [-0.2, -0.15) is 0 Å². The molecule has 0 saturated carbocycles. The maximum atomic E-state index is 14.5. The first-order valence-electron chi connectivity index (χ1n) is 8.16. The van der Waals surface area contributed by atoms with Crippen LogP contribution in [0, 0.1) is 5.82 Å². The number of halogens is 2. The summed E-state index contributed by atoms with van der Waals surface area (Å²) in [5, 5.41) is 19.1. The van der Waals surface area contributed by atoms with E-state index in [0.717, 1.165) is 27.8 Å². The van der Waals surface area contributed by atoms with Crippen molar-refractivity contribution in [3.63, 3.8) is 0 Å².